The molecule has 4 N–H and O–H groups in total. The molecule has 0 aromatic heterocycles. The minimum absolute atomic E-state index is 0.0188. The van der Waals surface area contributed by atoms with Crippen molar-refractivity contribution in [3.8, 4) is 5.75 Å². The van der Waals surface area contributed by atoms with Gasteiger partial charge in [0.1, 0.15) is 5.75 Å². The van der Waals surface area contributed by atoms with E-state index in [4.69, 9.17) is 10.5 Å². The molecule has 0 heterocycles. The predicted molar refractivity (Wildman–Crippen MR) is 112 cm³/mol. The fourth-order valence-corrected chi connectivity index (χ4v) is 2.71. The van der Waals surface area contributed by atoms with E-state index in [0.29, 0.717) is 30.1 Å². The van der Waals surface area contributed by atoms with Gasteiger partial charge in [-0.1, -0.05) is 6.07 Å². The van der Waals surface area contributed by atoms with Gasteiger partial charge in [0.05, 0.1) is 13.7 Å². The Hall–Kier alpha value is -3.55. The van der Waals surface area contributed by atoms with E-state index in [1.165, 1.54) is 0 Å². The second-order valence-corrected chi connectivity index (χ2v) is 6.32. The average Bonchev–Trinajstić information content (AvgIpc) is 2.71. The quantitative estimate of drug-likeness (QED) is 0.564. The van der Waals surface area contributed by atoms with Crippen LogP contribution in [0.15, 0.2) is 48.5 Å². The molecule has 8 nitrogen and oxygen atoms in total. The van der Waals surface area contributed by atoms with E-state index < -0.39 is 5.91 Å². The molecule has 154 valence electrons. The van der Waals surface area contributed by atoms with Gasteiger partial charge in [0.25, 0.3) is 5.91 Å². The summed E-state index contributed by atoms with van der Waals surface area (Å²) >= 11 is 0. The Morgan fingerprint density at radius 3 is 2.45 bits per heavy atom. The normalized spacial score (nSPS) is 10.1. The van der Waals surface area contributed by atoms with Crippen LogP contribution in [0.1, 0.15) is 23.7 Å². The Morgan fingerprint density at radius 1 is 1.10 bits per heavy atom. The second-order valence-electron chi connectivity index (χ2n) is 6.32. The number of nitrogens with two attached hydrogens (primary N) is 1. The van der Waals surface area contributed by atoms with E-state index in [2.05, 4.69) is 10.6 Å². The monoisotopic (exact) mass is 398 g/mol. The smallest absolute Gasteiger partial charge is 0.251 e. The number of hydrogen-bond acceptors (Lipinski definition) is 5. The number of nitrogens with one attached hydrogen (secondary N) is 2. The molecule has 0 spiro atoms. The number of benzene rings is 2. The highest BCUT2D eigenvalue weighted by molar-refractivity contribution is 5.98. The zero-order chi connectivity index (χ0) is 21.2. The standard InChI is InChI=1S/C21H26N4O4/c1-3-23-21(28)15-5-4-6-16(13-15)24-20(27)14-25(12-11-19(22)26)17-7-9-18(29-2)10-8-17/h4-10,13H,3,11-12,14H2,1-2H3,(H2,22,26)(H,23,28)(H,24,27). The third kappa shape index (κ3) is 6.84. The Kier molecular flexibility index (Phi) is 8.02. The zero-order valence-electron chi connectivity index (χ0n) is 16.6. The van der Waals surface area contributed by atoms with Crippen LogP contribution in [0.4, 0.5) is 11.4 Å². The Morgan fingerprint density at radius 2 is 1.83 bits per heavy atom. The minimum Gasteiger partial charge on any atom is -0.497 e. The number of nitrogens with zero attached hydrogens (tertiary/aromatic N) is 1. The lowest BCUT2D eigenvalue weighted by Gasteiger charge is -2.24. The highest BCUT2D eigenvalue weighted by atomic mass is 16.5. The van der Waals surface area contributed by atoms with Crippen LogP contribution in [-0.4, -0.2) is 44.5 Å². The van der Waals surface area contributed by atoms with E-state index in [9.17, 15) is 14.4 Å². The van der Waals surface area contributed by atoms with E-state index in [1.54, 1.807) is 48.4 Å². The van der Waals surface area contributed by atoms with Crippen molar-refractivity contribution in [2.75, 3.05) is 37.0 Å². The molecule has 0 aliphatic carbocycles. The van der Waals surface area contributed by atoms with Crippen LogP contribution in [0.25, 0.3) is 0 Å². The molecule has 2 rings (SSSR count). The molecule has 0 fully saturated rings. The number of primary amides is 1. The first-order valence-corrected chi connectivity index (χ1v) is 9.28. The molecule has 0 bridgehead atoms. The molecule has 0 saturated carbocycles. The van der Waals surface area contributed by atoms with Crippen molar-refractivity contribution in [3.05, 3.63) is 54.1 Å². The molecule has 0 saturated heterocycles. The third-order valence-corrected chi connectivity index (χ3v) is 4.15. The SMILES string of the molecule is CCNC(=O)c1cccc(NC(=O)CN(CCC(N)=O)c2ccc(OC)cc2)c1. The fourth-order valence-electron chi connectivity index (χ4n) is 2.71. The maximum absolute atomic E-state index is 12.6. The van der Waals surface area contributed by atoms with E-state index >= 15 is 0 Å². The number of carbonyl (C=O) groups is 3. The van der Waals surface area contributed by atoms with Gasteiger partial charge in [0.15, 0.2) is 0 Å². The van der Waals surface area contributed by atoms with Crippen molar-refractivity contribution in [1.29, 1.82) is 0 Å². The number of rotatable bonds is 10. The first-order chi connectivity index (χ1) is 13.9. The van der Waals surface area contributed by atoms with Crippen LogP contribution >= 0.6 is 0 Å². The van der Waals surface area contributed by atoms with Crippen molar-refractivity contribution in [2.45, 2.75) is 13.3 Å². The lowest BCUT2D eigenvalue weighted by atomic mass is 10.2. The highest BCUT2D eigenvalue weighted by Gasteiger charge is 2.14. The molecule has 0 atom stereocenters. The minimum atomic E-state index is -0.446. The Balaban J connectivity index is 2.09. The van der Waals surface area contributed by atoms with Crippen molar-refractivity contribution in [2.24, 2.45) is 5.73 Å². The Labute approximate surface area is 170 Å². The number of carbonyl (C=O) groups excluding carboxylic acids is 3. The van der Waals surface area contributed by atoms with Gasteiger partial charge >= 0.3 is 0 Å². The second kappa shape index (κ2) is 10.7. The lowest BCUT2D eigenvalue weighted by Crippen LogP contribution is -2.35. The summed E-state index contributed by atoms with van der Waals surface area (Å²) in [5, 5.41) is 5.51. The largest absolute Gasteiger partial charge is 0.497 e. The predicted octanol–water partition coefficient (Wildman–Crippen LogP) is 1.77. The lowest BCUT2D eigenvalue weighted by molar-refractivity contribution is -0.118. The summed E-state index contributed by atoms with van der Waals surface area (Å²) in [5.41, 5.74) is 7.01. The molecule has 0 unspecified atom stereocenters. The van der Waals surface area contributed by atoms with Gasteiger partial charge in [-0.3, -0.25) is 14.4 Å². The topological polar surface area (TPSA) is 114 Å². The summed E-state index contributed by atoms with van der Waals surface area (Å²) in [6, 6.07) is 13.9. The summed E-state index contributed by atoms with van der Waals surface area (Å²) in [6.45, 7) is 2.68. The van der Waals surface area contributed by atoms with Gasteiger partial charge in [0, 0.05) is 36.4 Å². The van der Waals surface area contributed by atoms with Crippen LogP contribution in [-0.2, 0) is 9.59 Å². The van der Waals surface area contributed by atoms with Crippen molar-refractivity contribution in [1.82, 2.24) is 5.32 Å². The van der Waals surface area contributed by atoms with E-state index in [-0.39, 0.29) is 24.8 Å². The molecular weight excluding hydrogens is 372 g/mol. The first-order valence-electron chi connectivity index (χ1n) is 9.28. The number of methoxy groups -OCH3 is 1. The van der Waals surface area contributed by atoms with Gasteiger partial charge in [-0.05, 0) is 49.4 Å². The number of amides is 3. The number of anilines is 2. The fraction of sp³-hybridized carbons (Fsp3) is 0.286. The molecule has 8 heteroatoms. The molecule has 3 amide bonds. The van der Waals surface area contributed by atoms with Gasteiger partial charge in [-0.15, -0.1) is 0 Å². The van der Waals surface area contributed by atoms with Crippen LogP contribution < -0.4 is 26.0 Å². The van der Waals surface area contributed by atoms with E-state index in [1.807, 2.05) is 19.1 Å². The van der Waals surface area contributed by atoms with Gasteiger partial charge in [0.2, 0.25) is 11.8 Å². The van der Waals surface area contributed by atoms with Crippen LogP contribution in [0.3, 0.4) is 0 Å². The van der Waals surface area contributed by atoms with Crippen molar-refractivity contribution >= 4 is 29.1 Å². The van der Waals surface area contributed by atoms with Gasteiger partial charge in [-0.2, -0.15) is 0 Å². The summed E-state index contributed by atoms with van der Waals surface area (Å²) in [4.78, 5) is 37.5. The molecule has 0 radical (unpaired) electrons. The number of ether oxygens (including phenoxy) is 1. The zero-order valence-corrected chi connectivity index (χ0v) is 16.6. The van der Waals surface area contributed by atoms with Crippen molar-refractivity contribution in [3.63, 3.8) is 0 Å². The molecular formula is C21H26N4O4. The maximum atomic E-state index is 12.6. The van der Waals surface area contributed by atoms with Crippen LogP contribution in [0.5, 0.6) is 5.75 Å². The average molecular weight is 398 g/mol. The van der Waals surface area contributed by atoms with Crippen LogP contribution in [0, 0.1) is 0 Å². The summed E-state index contributed by atoms with van der Waals surface area (Å²) in [6.07, 6.45) is 0.117. The third-order valence-electron chi connectivity index (χ3n) is 4.15. The summed E-state index contributed by atoms with van der Waals surface area (Å²) in [5.74, 6) is -0.239. The Bertz CT molecular complexity index is 852. The van der Waals surface area contributed by atoms with Gasteiger partial charge in [-0.25, -0.2) is 0 Å². The maximum Gasteiger partial charge on any atom is 0.251 e. The highest BCUT2D eigenvalue weighted by Crippen LogP contribution is 2.20. The molecule has 0 aliphatic heterocycles. The first kappa shape index (κ1) is 21.7. The van der Waals surface area contributed by atoms with Crippen LogP contribution in [0.2, 0.25) is 0 Å². The van der Waals surface area contributed by atoms with E-state index in [0.717, 1.165) is 5.69 Å². The van der Waals surface area contributed by atoms with Gasteiger partial charge < -0.3 is 26.0 Å². The molecule has 2 aromatic carbocycles. The van der Waals surface area contributed by atoms with Crippen molar-refractivity contribution < 1.29 is 19.1 Å². The molecule has 0 aliphatic rings. The summed E-state index contributed by atoms with van der Waals surface area (Å²) in [7, 11) is 1.57. The summed E-state index contributed by atoms with van der Waals surface area (Å²) < 4.78 is 5.15. The number of hydrogen-bond donors (Lipinski definition) is 3. The molecule has 29 heavy (non-hydrogen) atoms. The molecule has 2 aromatic rings.